The van der Waals surface area contributed by atoms with Gasteiger partial charge in [-0.15, -0.1) is 0 Å². The van der Waals surface area contributed by atoms with Gasteiger partial charge in [-0.3, -0.25) is 9.97 Å². The molecule has 2 heterocycles. The minimum atomic E-state index is -0.135. The van der Waals surface area contributed by atoms with Gasteiger partial charge in [-0.1, -0.05) is 6.07 Å². The van der Waals surface area contributed by atoms with Crippen LogP contribution < -0.4 is 5.32 Å². The third-order valence-electron chi connectivity index (χ3n) is 3.20. The summed E-state index contributed by atoms with van der Waals surface area (Å²) in [5.41, 5.74) is 3.96. The molecule has 0 unspecified atom stereocenters. The lowest BCUT2D eigenvalue weighted by Crippen LogP contribution is -2.15. The molecule has 0 fully saturated rings. The Balaban J connectivity index is 2.03. The van der Waals surface area contributed by atoms with Crippen molar-refractivity contribution in [2.45, 2.75) is 33.5 Å². The second-order valence-corrected chi connectivity index (χ2v) is 4.77. The maximum absolute atomic E-state index is 10.0. The highest BCUT2D eigenvalue weighted by molar-refractivity contribution is 5.40. The zero-order valence-corrected chi connectivity index (χ0v) is 11.7. The van der Waals surface area contributed by atoms with Gasteiger partial charge in [0.1, 0.15) is 5.75 Å². The fourth-order valence-electron chi connectivity index (χ4n) is 1.95. The van der Waals surface area contributed by atoms with Crippen LogP contribution in [0.1, 0.15) is 28.1 Å². The first-order chi connectivity index (χ1) is 9.61. The van der Waals surface area contributed by atoms with E-state index in [0.29, 0.717) is 29.9 Å². The number of nitrogens with one attached hydrogen (secondary N) is 1. The maximum Gasteiger partial charge on any atom is 0.141 e. The molecule has 106 valence electrons. The van der Waals surface area contributed by atoms with Crippen LogP contribution in [0.2, 0.25) is 0 Å². The molecule has 5 nitrogen and oxygen atoms in total. The van der Waals surface area contributed by atoms with Crippen molar-refractivity contribution in [3.05, 3.63) is 52.6 Å². The summed E-state index contributed by atoms with van der Waals surface area (Å²) in [6, 6.07) is 3.98. The number of pyridine rings is 2. The highest BCUT2D eigenvalue weighted by Crippen LogP contribution is 2.23. The van der Waals surface area contributed by atoms with E-state index in [0.717, 1.165) is 11.3 Å². The molecule has 0 aliphatic heterocycles. The molecule has 0 radical (unpaired) electrons. The molecule has 0 bridgehead atoms. The van der Waals surface area contributed by atoms with Crippen molar-refractivity contribution in [3.8, 4) is 5.75 Å². The van der Waals surface area contributed by atoms with Crippen molar-refractivity contribution < 1.29 is 10.2 Å². The number of hydrogen-bond donors (Lipinski definition) is 3. The highest BCUT2D eigenvalue weighted by atomic mass is 16.3. The average Bonchev–Trinajstić information content (AvgIpc) is 2.46. The topological polar surface area (TPSA) is 78.3 Å². The van der Waals surface area contributed by atoms with Crippen LogP contribution >= 0.6 is 0 Å². The number of nitrogens with zero attached hydrogens (tertiary/aromatic N) is 2. The van der Waals surface area contributed by atoms with Crippen LogP contribution in [0.3, 0.4) is 0 Å². The summed E-state index contributed by atoms with van der Waals surface area (Å²) in [6.07, 6.45) is 3.42. The van der Waals surface area contributed by atoms with Crippen LogP contribution in [0.4, 0.5) is 0 Å². The van der Waals surface area contributed by atoms with Crippen LogP contribution in [0.5, 0.6) is 5.75 Å². The quantitative estimate of drug-likeness (QED) is 0.771. The molecule has 0 saturated heterocycles. The van der Waals surface area contributed by atoms with Crippen molar-refractivity contribution in [1.82, 2.24) is 15.3 Å². The van der Waals surface area contributed by atoms with E-state index in [-0.39, 0.29) is 12.4 Å². The largest absolute Gasteiger partial charge is 0.506 e. The number of aromatic hydroxyl groups is 1. The number of aliphatic hydroxyl groups is 1. The van der Waals surface area contributed by atoms with E-state index in [1.807, 2.05) is 25.3 Å². The minimum Gasteiger partial charge on any atom is -0.506 e. The fraction of sp³-hybridized carbons (Fsp3) is 0.333. The van der Waals surface area contributed by atoms with Crippen LogP contribution in [-0.2, 0) is 19.7 Å². The molecule has 20 heavy (non-hydrogen) atoms. The molecule has 0 aromatic carbocycles. The van der Waals surface area contributed by atoms with E-state index < -0.39 is 0 Å². The lowest BCUT2D eigenvalue weighted by molar-refractivity contribution is 0.278. The van der Waals surface area contributed by atoms with Gasteiger partial charge in [0.2, 0.25) is 0 Å². The van der Waals surface area contributed by atoms with Gasteiger partial charge in [-0.05, 0) is 25.5 Å². The first-order valence-corrected chi connectivity index (χ1v) is 6.51. The minimum absolute atomic E-state index is 0.135. The average molecular weight is 273 g/mol. The number of aliphatic hydroxyl groups excluding tert-OH is 1. The molecule has 0 saturated carbocycles. The van der Waals surface area contributed by atoms with E-state index in [2.05, 4.69) is 15.3 Å². The Morgan fingerprint density at radius 3 is 2.55 bits per heavy atom. The van der Waals surface area contributed by atoms with Gasteiger partial charge < -0.3 is 15.5 Å². The van der Waals surface area contributed by atoms with E-state index >= 15 is 0 Å². The van der Waals surface area contributed by atoms with Crippen molar-refractivity contribution in [3.63, 3.8) is 0 Å². The number of aromatic nitrogens is 2. The summed E-state index contributed by atoms with van der Waals surface area (Å²) in [4.78, 5) is 8.27. The molecule has 2 aromatic heterocycles. The first kappa shape index (κ1) is 14.4. The summed E-state index contributed by atoms with van der Waals surface area (Å²) in [5, 5.41) is 22.6. The molecule has 2 aromatic rings. The van der Waals surface area contributed by atoms with Crippen LogP contribution in [0, 0.1) is 13.8 Å². The molecule has 0 spiro atoms. The maximum atomic E-state index is 10.0. The van der Waals surface area contributed by atoms with Crippen molar-refractivity contribution in [1.29, 1.82) is 0 Å². The summed E-state index contributed by atoms with van der Waals surface area (Å²) >= 11 is 0. The highest BCUT2D eigenvalue weighted by Gasteiger charge is 2.10. The summed E-state index contributed by atoms with van der Waals surface area (Å²) in [6.45, 7) is 4.67. The Labute approximate surface area is 118 Å². The van der Waals surface area contributed by atoms with Gasteiger partial charge in [0.25, 0.3) is 0 Å². The molecule has 0 aliphatic rings. The van der Waals surface area contributed by atoms with E-state index in [9.17, 15) is 10.2 Å². The lowest BCUT2D eigenvalue weighted by Gasteiger charge is -2.12. The van der Waals surface area contributed by atoms with E-state index in [1.165, 1.54) is 0 Å². The van der Waals surface area contributed by atoms with Gasteiger partial charge >= 0.3 is 0 Å². The third-order valence-corrected chi connectivity index (χ3v) is 3.20. The molecule has 0 atom stereocenters. The van der Waals surface area contributed by atoms with Crippen LogP contribution in [-0.4, -0.2) is 20.2 Å². The molecule has 3 N–H and O–H groups in total. The van der Waals surface area contributed by atoms with E-state index in [1.54, 1.807) is 13.1 Å². The number of rotatable bonds is 5. The summed E-state index contributed by atoms with van der Waals surface area (Å²) in [7, 11) is 0. The Bertz CT molecular complexity index is 582. The third kappa shape index (κ3) is 3.31. The fourth-order valence-corrected chi connectivity index (χ4v) is 1.95. The predicted octanol–water partition coefficient (Wildman–Crippen LogP) is 1.58. The zero-order chi connectivity index (χ0) is 14.5. The van der Waals surface area contributed by atoms with Gasteiger partial charge in [0.05, 0.1) is 12.3 Å². The molecule has 0 aliphatic carbocycles. The Hall–Kier alpha value is -1.98. The number of aryl methyl sites for hydroxylation is 2. The molecule has 2 rings (SSSR count). The monoisotopic (exact) mass is 273 g/mol. The van der Waals surface area contributed by atoms with Crippen LogP contribution in [0.15, 0.2) is 24.5 Å². The standard InChI is InChI=1S/C15H19N3O2/c1-10-3-4-12(6-17-10)5-16-8-14-13(9-19)7-18-11(2)15(14)20/h3-4,6-7,16,19-20H,5,8-9H2,1-2H3. The zero-order valence-electron chi connectivity index (χ0n) is 11.7. The lowest BCUT2D eigenvalue weighted by atomic mass is 10.1. The van der Waals surface area contributed by atoms with Crippen LogP contribution in [0.25, 0.3) is 0 Å². The number of hydrogen-bond acceptors (Lipinski definition) is 5. The second-order valence-electron chi connectivity index (χ2n) is 4.77. The van der Waals surface area contributed by atoms with Gasteiger partial charge in [0, 0.05) is 42.3 Å². The Kier molecular flexibility index (Phi) is 4.65. The van der Waals surface area contributed by atoms with Gasteiger partial charge in [-0.2, -0.15) is 0 Å². The molecule has 5 heteroatoms. The second kappa shape index (κ2) is 6.45. The Morgan fingerprint density at radius 1 is 1.10 bits per heavy atom. The van der Waals surface area contributed by atoms with Crippen molar-refractivity contribution in [2.24, 2.45) is 0 Å². The predicted molar refractivity (Wildman–Crippen MR) is 76.1 cm³/mol. The van der Waals surface area contributed by atoms with Gasteiger partial charge in [-0.25, -0.2) is 0 Å². The Morgan fingerprint density at radius 2 is 1.90 bits per heavy atom. The molecular formula is C15H19N3O2. The first-order valence-electron chi connectivity index (χ1n) is 6.51. The SMILES string of the molecule is Cc1ccc(CNCc2c(CO)cnc(C)c2O)cn1. The smallest absolute Gasteiger partial charge is 0.141 e. The molecular weight excluding hydrogens is 254 g/mol. The normalized spacial score (nSPS) is 10.8. The van der Waals surface area contributed by atoms with E-state index in [4.69, 9.17) is 0 Å². The van der Waals surface area contributed by atoms with Gasteiger partial charge in [0.15, 0.2) is 0 Å². The van der Waals surface area contributed by atoms with Crippen molar-refractivity contribution >= 4 is 0 Å². The van der Waals surface area contributed by atoms with Crippen molar-refractivity contribution in [2.75, 3.05) is 0 Å². The summed E-state index contributed by atoms with van der Waals surface area (Å²) < 4.78 is 0. The molecule has 0 amide bonds. The summed E-state index contributed by atoms with van der Waals surface area (Å²) in [5.74, 6) is 0.145.